The number of carbonyl (C=O) groups is 1. The number of amides is 2. The molecule has 1 saturated carbocycles. The summed E-state index contributed by atoms with van der Waals surface area (Å²) in [6, 6.07) is 6.34. The van der Waals surface area contributed by atoms with Gasteiger partial charge in [-0.1, -0.05) is 6.07 Å². The largest absolute Gasteiger partial charge is 0.335 e. The van der Waals surface area contributed by atoms with E-state index in [2.05, 4.69) is 26.8 Å². The molecule has 1 unspecified atom stereocenters. The summed E-state index contributed by atoms with van der Waals surface area (Å²) in [5.41, 5.74) is 0.890. The predicted octanol–water partition coefficient (Wildman–Crippen LogP) is 2.42. The molecule has 122 valence electrons. The van der Waals surface area contributed by atoms with Crippen LogP contribution in [0.25, 0.3) is 5.65 Å². The molecule has 0 radical (unpaired) electrons. The van der Waals surface area contributed by atoms with Crippen molar-refractivity contribution < 1.29 is 4.79 Å². The first-order valence-electron chi connectivity index (χ1n) is 8.57. The van der Waals surface area contributed by atoms with Crippen LogP contribution in [0.1, 0.15) is 44.3 Å². The Kier molecular flexibility index (Phi) is 3.67. The summed E-state index contributed by atoms with van der Waals surface area (Å²) in [6.45, 7) is 3.69. The SMILES string of the molecule is CC(NC(=O)N1CCC(c2nnc3ccccn23)CC1)C1CC1. The zero-order valence-electron chi connectivity index (χ0n) is 13.5. The van der Waals surface area contributed by atoms with Gasteiger partial charge < -0.3 is 10.2 Å². The summed E-state index contributed by atoms with van der Waals surface area (Å²) in [5.74, 6) is 2.09. The van der Waals surface area contributed by atoms with Crippen molar-refractivity contribution in [2.75, 3.05) is 13.1 Å². The summed E-state index contributed by atoms with van der Waals surface area (Å²) in [6.07, 6.45) is 6.41. The van der Waals surface area contributed by atoms with Crippen molar-refractivity contribution in [1.29, 1.82) is 0 Å². The Balaban J connectivity index is 1.38. The van der Waals surface area contributed by atoms with E-state index in [1.54, 1.807) is 0 Å². The van der Waals surface area contributed by atoms with Crippen LogP contribution in [0.4, 0.5) is 4.79 Å². The van der Waals surface area contributed by atoms with Gasteiger partial charge in [-0.05, 0) is 50.7 Å². The number of pyridine rings is 1. The van der Waals surface area contributed by atoms with E-state index in [0.717, 1.165) is 37.4 Å². The number of nitrogens with one attached hydrogen (secondary N) is 1. The first kappa shape index (κ1) is 14.5. The zero-order valence-corrected chi connectivity index (χ0v) is 13.5. The third-order valence-electron chi connectivity index (χ3n) is 5.17. The second-order valence-corrected chi connectivity index (χ2v) is 6.82. The molecule has 1 atom stereocenters. The van der Waals surface area contributed by atoms with Gasteiger partial charge in [-0.3, -0.25) is 4.40 Å². The standard InChI is InChI=1S/C17H23N5O/c1-12(13-5-6-13)18-17(23)21-10-7-14(8-11-21)16-20-19-15-4-2-3-9-22(15)16/h2-4,9,12-14H,5-8,10-11H2,1H3,(H,18,23). The smallest absolute Gasteiger partial charge is 0.317 e. The van der Waals surface area contributed by atoms with Gasteiger partial charge in [-0.2, -0.15) is 0 Å². The van der Waals surface area contributed by atoms with Crippen LogP contribution in [-0.2, 0) is 0 Å². The lowest BCUT2D eigenvalue weighted by Crippen LogP contribution is -2.47. The van der Waals surface area contributed by atoms with Crippen molar-refractivity contribution >= 4 is 11.7 Å². The highest BCUT2D eigenvalue weighted by molar-refractivity contribution is 5.74. The van der Waals surface area contributed by atoms with Crippen LogP contribution in [0, 0.1) is 5.92 Å². The zero-order chi connectivity index (χ0) is 15.8. The second-order valence-electron chi connectivity index (χ2n) is 6.82. The molecular formula is C17H23N5O. The topological polar surface area (TPSA) is 62.5 Å². The van der Waals surface area contributed by atoms with Crippen LogP contribution < -0.4 is 5.32 Å². The van der Waals surface area contributed by atoms with Crippen molar-refractivity contribution in [3.8, 4) is 0 Å². The average Bonchev–Trinajstić information content (AvgIpc) is 3.35. The monoisotopic (exact) mass is 313 g/mol. The molecule has 1 aliphatic carbocycles. The van der Waals surface area contributed by atoms with E-state index >= 15 is 0 Å². The van der Waals surface area contributed by atoms with Gasteiger partial charge in [0.15, 0.2) is 5.65 Å². The van der Waals surface area contributed by atoms with Gasteiger partial charge in [0.05, 0.1) is 0 Å². The van der Waals surface area contributed by atoms with Crippen molar-refractivity contribution in [2.45, 2.75) is 44.6 Å². The molecule has 0 spiro atoms. The Morgan fingerprint density at radius 2 is 2.00 bits per heavy atom. The minimum atomic E-state index is 0.0916. The van der Waals surface area contributed by atoms with Gasteiger partial charge in [-0.25, -0.2) is 4.79 Å². The van der Waals surface area contributed by atoms with E-state index in [1.165, 1.54) is 12.8 Å². The molecule has 1 N–H and O–H groups in total. The summed E-state index contributed by atoms with van der Waals surface area (Å²) < 4.78 is 2.07. The molecule has 2 aromatic heterocycles. The molecule has 0 bridgehead atoms. The first-order chi connectivity index (χ1) is 11.2. The average molecular weight is 313 g/mol. The molecule has 0 aromatic carbocycles. The third-order valence-corrected chi connectivity index (χ3v) is 5.17. The molecule has 23 heavy (non-hydrogen) atoms. The third kappa shape index (κ3) is 2.90. The Labute approximate surface area is 135 Å². The molecule has 2 fully saturated rings. The molecule has 2 aromatic rings. The number of piperidine rings is 1. The van der Waals surface area contributed by atoms with Crippen molar-refractivity contribution in [2.24, 2.45) is 5.92 Å². The Morgan fingerprint density at radius 1 is 1.22 bits per heavy atom. The minimum absolute atomic E-state index is 0.0916. The number of aromatic nitrogens is 3. The van der Waals surface area contributed by atoms with E-state index in [0.29, 0.717) is 17.9 Å². The Bertz CT molecular complexity index is 700. The van der Waals surface area contributed by atoms with Crippen molar-refractivity contribution in [3.63, 3.8) is 0 Å². The first-order valence-corrected chi connectivity index (χ1v) is 8.57. The molecule has 6 heteroatoms. The maximum atomic E-state index is 12.3. The van der Waals surface area contributed by atoms with Crippen LogP contribution in [0.15, 0.2) is 24.4 Å². The van der Waals surface area contributed by atoms with Gasteiger partial charge in [0, 0.05) is 31.2 Å². The number of fused-ring (bicyclic) bond motifs is 1. The van der Waals surface area contributed by atoms with Crippen LogP contribution >= 0.6 is 0 Å². The van der Waals surface area contributed by atoms with Gasteiger partial charge in [0.25, 0.3) is 0 Å². The van der Waals surface area contributed by atoms with Gasteiger partial charge in [0.1, 0.15) is 5.82 Å². The highest BCUT2D eigenvalue weighted by Crippen LogP contribution is 2.32. The van der Waals surface area contributed by atoms with Gasteiger partial charge in [0.2, 0.25) is 0 Å². The molecule has 3 heterocycles. The molecule has 2 aliphatic rings. The minimum Gasteiger partial charge on any atom is -0.335 e. The van der Waals surface area contributed by atoms with E-state index < -0.39 is 0 Å². The Morgan fingerprint density at radius 3 is 2.74 bits per heavy atom. The lowest BCUT2D eigenvalue weighted by atomic mass is 9.96. The lowest BCUT2D eigenvalue weighted by Gasteiger charge is -2.32. The molecule has 4 rings (SSSR count). The number of rotatable bonds is 3. The molecule has 1 aliphatic heterocycles. The summed E-state index contributed by atoms with van der Waals surface area (Å²) in [5, 5.41) is 11.7. The summed E-state index contributed by atoms with van der Waals surface area (Å²) in [4.78, 5) is 14.3. The fourth-order valence-corrected chi connectivity index (χ4v) is 3.48. The van der Waals surface area contributed by atoms with Gasteiger partial charge >= 0.3 is 6.03 Å². The number of likely N-dealkylation sites (tertiary alicyclic amines) is 1. The number of hydrogen-bond donors (Lipinski definition) is 1. The quantitative estimate of drug-likeness (QED) is 0.946. The molecule has 1 saturated heterocycles. The van der Waals surface area contributed by atoms with E-state index in [9.17, 15) is 4.79 Å². The van der Waals surface area contributed by atoms with Gasteiger partial charge in [-0.15, -0.1) is 10.2 Å². The Hall–Kier alpha value is -2.11. The van der Waals surface area contributed by atoms with Crippen molar-refractivity contribution in [1.82, 2.24) is 24.8 Å². The van der Waals surface area contributed by atoms with E-state index in [4.69, 9.17) is 0 Å². The molecule has 6 nitrogen and oxygen atoms in total. The van der Waals surface area contributed by atoms with E-state index in [1.807, 2.05) is 29.3 Å². The number of nitrogens with zero attached hydrogens (tertiary/aromatic N) is 4. The molecule has 2 amide bonds. The maximum absolute atomic E-state index is 12.3. The van der Waals surface area contributed by atoms with Crippen LogP contribution in [0.2, 0.25) is 0 Å². The van der Waals surface area contributed by atoms with Crippen LogP contribution in [-0.4, -0.2) is 44.7 Å². The summed E-state index contributed by atoms with van der Waals surface area (Å²) in [7, 11) is 0. The van der Waals surface area contributed by atoms with Crippen LogP contribution in [0.5, 0.6) is 0 Å². The molecular weight excluding hydrogens is 290 g/mol. The lowest BCUT2D eigenvalue weighted by molar-refractivity contribution is 0.176. The maximum Gasteiger partial charge on any atom is 0.317 e. The number of urea groups is 1. The highest BCUT2D eigenvalue weighted by Gasteiger charge is 2.31. The predicted molar refractivity (Wildman–Crippen MR) is 87.3 cm³/mol. The number of carbonyl (C=O) groups excluding carboxylic acids is 1. The number of hydrogen-bond acceptors (Lipinski definition) is 3. The van der Waals surface area contributed by atoms with Crippen molar-refractivity contribution in [3.05, 3.63) is 30.2 Å². The normalized spacial score (nSPS) is 20.7. The van der Waals surface area contributed by atoms with E-state index in [-0.39, 0.29) is 6.03 Å². The fraction of sp³-hybridized carbons (Fsp3) is 0.588. The summed E-state index contributed by atoms with van der Waals surface area (Å²) >= 11 is 0. The second kappa shape index (κ2) is 5.83. The fourth-order valence-electron chi connectivity index (χ4n) is 3.48. The highest BCUT2D eigenvalue weighted by atomic mass is 16.2. The van der Waals surface area contributed by atoms with Crippen LogP contribution in [0.3, 0.4) is 0 Å².